The van der Waals surface area contributed by atoms with Gasteiger partial charge in [0.25, 0.3) is 0 Å². The molecular weight excluding hydrogens is 373 g/mol. The minimum atomic E-state index is -0.932. The Balaban J connectivity index is 1.59. The van der Waals surface area contributed by atoms with Crippen molar-refractivity contribution in [1.82, 2.24) is 4.98 Å². The Hall–Kier alpha value is -2.89. The second kappa shape index (κ2) is 7.75. The average molecular weight is 399 g/mol. The van der Waals surface area contributed by atoms with Crippen LogP contribution in [0.2, 0.25) is 0 Å². The molecule has 152 valence electrons. The second-order valence-electron chi connectivity index (χ2n) is 8.63. The first kappa shape index (κ1) is 20.4. The zero-order valence-corrected chi connectivity index (χ0v) is 17.8. The maximum atomic E-state index is 10.3. The van der Waals surface area contributed by atoms with E-state index in [0.29, 0.717) is 13.4 Å². The van der Waals surface area contributed by atoms with Gasteiger partial charge in [0.1, 0.15) is 5.52 Å². The van der Waals surface area contributed by atoms with Crippen LogP contribution in [0.5, 0.6) is 0 Å². The van der Waals surface area contributed by atoms with Crippen molar-refractivity contribution >= 4 is 24.0 Å². The second-order valence-corrected chi connectivity index (χ2v) is 8.63. The van der Waals surface area contributed by atoms with Gasteiger partial charge < -0.3 is 14.2 Å². The highest BCUT2D eigenvalue weighted by Crippen LogP contribution is 2.28. The average Bonchev–Trinajstić information content (AvgIpc) is 3.16. The number of aromatic nitrogens is 1. The summed E-state index contributed by atoms with van der Waals surface area (Å²) in [6.07, 6.45) is 0. The first-order chi connectivity index (χ1) is 14.2. The molecule has 0 amide bonds. The van der Waals surface area contributed by atoms with Crippen LogP contribution >= 0.6 is 0 Å². The SMILES string of the molecule is CC(C)(O)C(C)(C)OBc1cccc(-c2cccc(-c3nc4ccccc4o3)c2)c1. The molecule has 5 heteroatoms. The van der Waals surface area contributed by atoms with E-state index in [1.165, 1.54) is 0 Å². The van der Waals surface area contributed by atoms with E-state index in [0.717, 1.165) is 33.3 Å². The normalized spacial score (nSPS) is 12.3. The Morgan fingerprint density at radius 1 is 0.833 bits per heavy atom. The van der Waals surface area contributed by atoms with E-state index in [2.05, 4.69) is 29.2 Å². The number of para-hydroxylation sites is 2. The lowest BCUT2D eigenvalue weighted by Crippen LogP contribution is -2.49. The lowest BCUT2D eigenvalue weighted by Gasteiger charge is -2.37. The first-order valence-corrected chi connectivity index (χ1v) is 10.1. The molecule has 3 aromatic carbocycles. The third-order valence-electron chi connectivity index (χ3n) is 5.74. The largest absolute Gasteiger partial charge is 0.436 e. The third kappa shape index (κ3) is 4.18. The third-order valence-corrected chi connectivity index (χ3v) is 5.74. The molecule has 0 unspecified atom stereocenters. The van der Waals surface area contributed by atoms with Crippen LogP contribution in [-0.2, 0) is 4.65 Å². The Morgan fingerprint density at radius 3 is 2.23 bits per heavy atom. The van der Waals surface area contributed by atoms with Crippen molar-refractivity contribution in [2.75, 3.05) is 0 Å². The maximum absolute atomic E-state index is 10.3. The molecule has 1 aromatic heterocycles. The highest BCUT2D eigenvalue weighted by molar-refractivity contribution is 6.47. The van der Waals surface area contributed by atoms with Gasteiger partial charge in [-0.15, -0.1) is 0 Å². The monoisotopic (exact) mass is 399 g/mol. The van der Waals surface area contributed by atoms with Gasteiger partial charge in [0.15, 0.2) is 5.58 Å². The van der Waals surface area contributed by atoms with Crippen LogP contribution in [0.15, 0.2) is 77.2 Å². The van der Waals surface area contributed by atoms with Gasteiger partial charge in [-0.05, 0) is 63.1 Å². The molecule has 4 nitrogen and oxygen atoms in total. The number of hydrogen-bond acceptors (Lipinski definition) is 4. The van der Waals surface area contributed by atoms with Gasteiger partial charge in [0.2, 0.25) is 5.89 Å². The number of fused-ring (bicyclic) bond motifs is 1. The van der Waals surface area contributed by atoms with Crippen molar-refractivity contribution in [3.63, 3.8) is 0 Å². The van der Waals surface area contributed by atoms with E-state index in [1.54, 1.807) is 13.8 Å². The summed E-state index contributed by atoms with van der Waals surface area (Å²) in [7, 11) is 0.426. The summed E-state index contributed by atoms with van der Waals surface area (Å²) in [5.41, 5.74) is 4.21. The Bertz CT molecular complexity index is 1140. The Morgan fingerprint density at radius 2 is 1.50 bits per heavy atom. The van der Waals surface area contributed by atoms with Crippen LogP contribution < -0.4 is 5.46 Å². The molecule has 4 aromatic rings. The van der Waals surface area contributed by atoms with Crippen molar-refractivity contribution in [2.45, 2.75) is 38.9 Å². The van der Waals surface area contributed by atoms with Gasteiger partial charge in [-0.2, -0.15) is 0 Å². The summed E-state index contributed by atoms with van der Waals surface area (Å²) >= 11 is 0. The van der Waals surface area contributed by atoms with Crippen LogP contribution in [0.4, 0.5) is 0 Å². The van der Waals surface area contributed by atoms with Crippen LogP contribution in [0, 0.1) is 0 Å². The van der Waals surface area contributed by atoms with Crippen molar-refractivity contribution in [3.8, 4) is 22.6 Å². The molecule has 0 atom stereocenters. The summed E-state index contributed by atoms with van der Waals surface area (Å²) in [6, 6.07) is 24.2. The first-order valence-electron chi connectivity index (χ1n) is 10.1. The molecule has 0 bridgehead atoms. The lowest BCUT2D eigenvalue weighted by atomic mass is 9.81. The minimum Gasteiger partial charge on any atom is -0.436 e. The smallest absolute Gasteiger partial charge is 0.309 e. The highest BCUT2D eigenvalue weighted by Gasteiger charge is 2.35. The molecule has 0 aliphatic rings. The van der Waals surface area contributed by atoms with E-state index >= 15 is 0 Å². The van der Waals surface area contributed by atoms with Crippen molar-refractivity contribution in [2.24, 2.45) is 0 Å². The fourth-order valence-electron chi connectivity index (χ4n) is 3.11. The molecule has 30 heavy (non-hydrogen) atoms. The fourth-order valence-corrected chi connectivity index (χ4v) is 3.11. The van der Waals surface area contributed by atoms with Gasteiger partial charge >= 0.3 is 7.48 Å². The summed E-state index contributed by atoms with van der Waals surface area (Å²) in [6.45, 7) is 7.34. The van der Waals surface area contributed by atoms with Crippen LogP contribution in [0.1, 0.15) is 27.7 Å². The number of aliphatic hydroxyl groups is 1. The summed E-state index contributed by atoms with van der Waals surface area (Å²) in [4.78, 5) is 4.60. The predicted molar refractivity (Wildman–Crippen MR) is 123 cm³/mol. The molecule has 0 radical (unpaired) electrons. The minimum absolute atomic E-state index is 0.426. The molecule has 1 N–H and O–H groups in total. The molecule has 0 aliphatic carbocycles. The fraction of sp³-hybridized carbons (Fsp3) is 0.240. The van der Waals surface area contributed by atoms with Crippen LogP contribution in [-0.4, -0.2) is 28.8 Å². The molecular formula is C25H26BNO3. The maximum Gasteiger partial charge on any atom is 0.309 e. The predicted octanol–water partition coefficient (Wildman–Crippen LogP) is 4.70. The van der Waals surface area contributed by atoms with Crippen molar-refractivity contribution < 1.29 is 14.2 Å². The van der Waals surface area contributed by atoms with E-state index in [4.69, 9.17) is 9.07 Å². The zero-order valence-electron chi connectivity index (χ0n) is 17.8. The Kier molecular flexibility index (Phi) is 5.26. The summed E-state index contributed by atoms with van der Waals surface area (Å²) in [5, 5.41) is 10.3. The molecule has 0 saturated heterocycles. The van der Waals surface area contributed by atoms with Crippen LogP contribution in [0.3, 0.4) is 0 Å². The molecule has 1 heterocycles. The van der Waals surface area contributed by atoms with Crippen molar-refractivity contribution in [1.29, 1.82) is 0 Å². The molecule has 0 fully saturated rings. The standard InChI is InChI=1S/C25H26BNO3/c1-24(2,28)25(3,4)30-26-20-12-8-10-18(16-20)17-9-7-11-19(15-17)23-27-21-13-5-6-14-22(21)29-23/h5-16,26,28H,1-4H3. The topological polar surface area (TPSA) is 55.5 Å². The number of nitrogens with zero attached hydrogens (tertiary/aromatic N) is 1. The number of hydrogen-bond donors (Lipinski definition) is 1. The number of benzene rings is 3. The molecule has 0 saturated carbocycles. The highest BCUT2D eigenvalue weighted by atomic mass is 16.5. The van der Waals surface area contributed by atoms with E-state index in [-0.39, 0.29) is 0 Å². The molecule has 0 spiro atoms. The van der Waals surface area contributed by atoms with Gasteiger partial charge in [-0.1, -0.05) is 54.0 Å². The number of oxazole rings is 1. The quantitative estimate of drug-likeness (QED) is 0.478. The van der Waals surface area contributed by atoms with Crippen LogP contribution in [0.25, 0.3) is 33.7 Å². The van der Waals surface area contributed by atoms with Gasteiger partial charge in [-0.25, -0.2) is 4.98 Å². The lowest BCUT2D eigenvalue weighted by molar-refractivity contribution is -0.0893. The summed E-state index contributed by atoms with van der Waals surface area (Å²) in [5.74, 6) is 0.615. The van der Waals surface area contributed by atoms with Crippen molar-refractivity contribution in [3.05, 3.63) is 72.8 Å². The van der Waals surface area contributed by atoms with Gasteiger partial charge in [-0.3, -0.25) is 0 Å². The molecule has 4 rings (SSSR count). The van der Waals surface area contributed by atoms with Gasteiger partial charge in [0, 0.05) is 5.56 Å². The van der Waals surface area contributed by atoms with E-state index in [9.17, 15) is 5.11 Å². The number of rotatable bonds is 6. The Labute approximate surface area is 177 Å². The van der Waals surface area contributed by atoms with E-state index in [1.807, 2.05) is 62.4 Å². The summed E-state index contributed by atoms with van der Waals surface area (Å²) < 4.78 is 11.9. The van der Waals surface area contributed by atoms with E-state index < -0.39 is 11.2 Å². The molecule has 0 aliphatic heterocycles. The zero-order chi connectivity index (χ0) is 21.4. The van der Waals surface area contributed by atoms with Gasteiger partial charge in [0.05, 0.1) is 11.2 Å².